The minimum atomic E-state index is -2.79. The first-order valence-corrected chi connectivity index (χ1v) is 24.4. The fourth-order valence-electron chi connectivity index (χ4n) is 13.5. The molecule has 0 saturated heterocycles. The van der Waals surface area contributed by atoms with E-state index in [1.54, 1.807) is 37.7 Å². The Morgan fingerprint density at radius 2 is 1.19 bits per heavy atom. The molecule has 0 nitrogen and oxygen atoms in total. The van der Waals surface area contributed by atoms with E-state index in [-0.39, 0.29) is 41.5 Å². The summed E-state index contributed by atoms with van der Waals surface area (Å²) in [5, 5.41) is 0. The Morgan fingerprint density at radius 3 is 1.67 bits per heavy atom. The molecule has 0 N–H and O–H groups in total. The first kappa shape index (κ1) is 38.7. The minimum absolute atomic E-state index is 0. The van der Waals surface area contributed by atoms with Gasteiger partial charge >= 0.3 is 321 Å². The maximum atomic E-state index is 14.4. The van der Waals surface area contributed by atoms with Crippen molar-refractivity contribution in [1.82, 2.24) is 0 Å². The summed E-state index contributed by atoms with van der Waals surface area (Å²) in [6.07, 6.45) is 17.9. The molecule has 280 valence electrons. The Hall–Kier alpha value is -2.12. The molecule has 1 atom stereocenters. The van der Waals surface area contributed by atoms with Crippen molar-refractivity contribution in [2.75, 3.05) is 0 Å². The van der Waals surface area contributed by atoms with Crippen LogP contribution in [0.3, 0.4) is 0 Å². The molecule has 4 fully saturated rings. The first-order chi connectivity index (χ1) is 24.7. The average Bonchev–Trinajstić information content (AvgIpc) is 3.68. The van der Waals surface area contributed by atoms with Crippen LogP contribution < -0.4 is 24.8 Å². The van der Waals surface area contributed by atoms with Gasteiger partial charge in [0.25, 0.3) is 0 Å². The average molecular weight is 837 g/mol. The maximum absolute atomic E-state index is 14.4. The summed E-state index contributed by atoms with van der Waals surface area (Å²) < 4.78 is 19.3. The van der Waals surface area contributed by atoms with Gasteiger partial charge in [0.2, 0.25) is 0 Å². The third-order valence-corrected chi connectivity index (χ3v) is 23.2. The Balaban J connectivity index is 0.00000207. The van der Waals surface area contributed by atoms with Gasteiger partial charge in [-0.15, -0.1) is 0 Å². The van der Waals surface area contributed by atoms with Crippen LogP contribution in [0.5, 0.6) is 0 Å². The summed E-state index contributed by atoms with van der Waals surface area (Å²) in [7, 11) is 0. The van der Waals surface area contributed by atoms with Gasteiger partial charge in [0.1, 0.15) is 0 Å². The normalized spacial score (nSPS) is 28.9. The topological polar surface area (TPSA) is 0 Å². The number of fused-ring (bicyclic) bond motifs is 5. The number of hydrogen-bond donors (Lipinski definition) is 0. The number of rotatable bonds is 5. The molecule has 0 aromatic heterocycles. The van der Waals surface area contributed by atoms with E-state index in [1.165, 1.54) is 95.0 Å². The zero-order valence-electron chi connectivity index (χ0n) is 33.4. The molecule has 0 spiro atoms. The van der Waals surface area contributed by atoms with E-state index in [9.17, 15) is 4.39 Å². The number of allylic oxidation sites excluding steroid dienone is 8. The van der Waals surface area contributed by atoms with Gasteiger partial charge in [0, 0.05) is 0 Å². The molecule has 3 aromatic rings. The van der Waals surface area contributed by atoms with Gasteiger partial charge in [-0.2, -0.15) is 0 Å². The monoisotopic (exact) mass is 834 g/mol. The van der Waals surface area contributed by atoms with Crippen LogP contribution in [0.15, 0.2) is 81.2 Å². The molecule has 8 aliphatic carbocycles. The molecule has 8 aliphatic rings. The van der Waals surface area contributed by atoms with E-state index >= 15 is 0 Å². The second-order valence-electron chi connectivity index (χ2n) is 19.8. The zero-order chi connectivity index (χ0) is 36.1. The summed E-state index contributed by atoms with van der Waals surface area (Å²) in [6, 6.07) is 17.9. The van der Waals surface area contributed by atoms with Crippen LogP contribution in [0.1, 0.15) is 143 Å². The third-order valence-electron chi connectivity index (χ3n) is 15.0. The molecule has 0 amide bonds. The van der Waals surface area contributed by atoms with Crippen molar-refractivity contribution in [2.24, 2.45) is 29.1 Å². The molecule has 4 saturated carbocycles. The largest absolute Gasteiger partial charge is 1.00 e. The molecule has 4 bridgehead atoms. The van der Waals surface area contributed by atoms with E-state index in [1.807, 2.05) is 12.1 Å². The predicted molar refractivity (Wildman–Crippen MR) is 214 cm³/mol. The SMILES string of the molecule is CC1=CC(C)(C)c2cc3c(cc21)-c1cc2c(cc1[CH]3/[Zr+2](=[CH]/c1ccc(F)cc1)[C]1=C(C)C(CC34CC5CC(CC(C5)C3)C4)=CC1C)C(C)(C)C=C2C.[Cl-].[Cl-]. The van der Waals surface area contributed by atoms with E-state index in [2.05, 4.69) is 102 Å². The maximum Gasteiger partial charge on any atom is -1.00 e. The van der Waals surface area contributed by atoms with E-state index < -0.39 is 21.3 Å². The fraction of sp³-hybridized carbons (Fsp3) is 0.460. The van der Waals surface area contributed by atoms with Crippen LogP contribution in [0.4, 0.5) is 4.39 Å². The van der Waals surface area contributed by atoms with Gasteiger partial charge in [-0.1, -0.05) is 0 Å². The van der Waals surface area contributed by atoms with E-state index in [0.29, 0.717) is 15.0 Å². The Kier molecular flexibility index (Phi) is 9.48. The Labute approximate surface area is 343 Å². The number of benzene rings is 3. The minimum Gasteiger partial charge on any atom is -1.00 e. The van der Waals surface area contributed by atoms with Gasteiger partial charge in [-0.25, -0.2) is 0 Å². The quantitative estimate of drug-likeness (QED) is 0.255. The predicted octanol–water partition coefficient (Wildman–Crippen LogP) is 7.22. The van der Waals surface area contributed by atoms with E-state index in [0.717, 1.165) is 17.8 Å². The molecule has 54 heavy (non-hydrogen) atoms. The number of halogens is 3. The smallest absolute Gasteiger partial charge is 1.00 e. The van der Waals surface area contributed by atoms with Crippen LogP contribution in [0.2, 0.25) is 0 Å². The fourth-order valence-corrected chi connectivity index (χ4v) is 22.1. The number of hydrogen-bond acceptors (Lipinski definition) is 0. The van der Waals surface area contributed by atoms with Crippen molar-refractivity contribution in [1.29, 1.82) is 0 Å². The van der Waals surface area contributed by atoms with Crippen LogP contribution >= 0.6 is 0 Å². The first-order valence-electron chi connectivity index (χ1n) is 20.3. The standard InChI is InChI=1S/C25H25.C18H25.C7H5F.2ClH.Zr/c1-14-12-24(3,4)22-8-16-7-17-9-23-19(15(2)13-25(23,5)6)11-21(17)20(16)10-18(14)22;1-12-3-13(2)17(4-12)11-18-8-14-5-15(9-18)7-16(6-14)10-18;1-6-2-4-7(8)5-3-6;;;/h7-13H,1-6H3;4,12,14-16H,5-11H2,1-2H3;1-5H;2*1H;/q;;;;;+2/p-2. The Bertz CT molecular complexity index is 2140. The second kappa shape index (κ2) is 13.2. The molecule has 0 heterocycles. The van der Waals surface area contributed by atoms with Crippen molar-refractivity contribution < 1.29 is 50.5 Å². The summed E-state index contributed by atoms with van der Waals surface area (Å²) in [5.74, 6) is 3.24. The molecular formula is C50H55Cl2FZr. The van der Waals surface area contributed by atoms with Crippen LogP contribution in [-0.2, 0) is 32.1 Å². The molecular weight excluding hydrogens is 782 g/mol. The van der Waals surface area contributed by atoms with Gasteiger partial charge in [0.15, 0.2) is 0 Å². The molecule has 0 radical (unpaired) electrons. The Morgan fingerprint density at radius 1 is 0.704 bits per heavy atom. The van der Waals surface area contributed by atoms with Gasteiger partial charge in [-0.05, 0) is 0 Å². The molecule has 0 aliphatic heterocycles. The van der Waals surface area contributed by atoms with Gasteiger partial charge in [-0.3, -0.25) is 0 Å². The van der Waals surface area contributed by atoms with Gasteiger partial charge < -0.3 is 24.8 Å². The molecule has 1 unspecified atom stereocenters. The van der Waals surface area contributed by atoms with E-state index in [4.69, 9.17) is 0 Å². The van der Waals surface area contributed by atoms with Crippen molar-refractivity contribution >= 4 is 14.9 Å². The summed E-state index contributed by atoms with van der Waals surface area (Å²) in [6.45, 7) is 19.2. The van der Waals surface area contributed by atoms with Gasteiger partial charge in [0.05, 0.1) is 0 Å². The van der Waals surface area contributed by atoms with Crippen LogP contribution in [0, 0.1) is 34.9 Å². The molecule has 4 heteroatoms. The summed E-state index contributed by atoms with van der Waals surface area (Å²) >= 11 is -2.79. The molecule has 3 aromatic carbocycles. The van der Waals surface area contributed by atoms with Crippen molar-refractivity contribution in [3.8, 4) is 11.1 Å². The summed E-state index contributed by atoms with van der Waals surface area (Å²) in [5.41, 5.74) is 19.8. The van der Waals surface area contributed by atoms with Crippen molar-refractivity contribution in [3.63, 3.8) is 0 Å². The molecule has 11 rings (SSSR count). The van der Waals surface area contributed by atoms with Crippen molar-refractivity contribution in [2.45, 2.75) is 115 Å². The summed E-state index contributed by atoms with van der Waals surface area (Å²) in [4.78, 5) is 0. The van der Waals surface area contributed by atoms with Crippen LogP contribution in [-0.4, -0.2) is 3.71 Å². The third kappa shape index (κ3) is 5.92. The van der Waals surface area contributed by atoms with Crippen molar-refractivity contribution in [3.05, 3.63) is 126 Å². The zero-order valence-corrected chi connectivity index (χ0v) is 37.4. The second-order valence-corrected chi connectivity index (χ2v) is 25.5. The van der Waals surface area contributed by atoms with Crippen LogP contribution in [0.25, 0.3) is 22.3 Å².